The van der Waals surface area contributed by atoms with Gasteiger partial charge in [0.2, 0.25) is 5.90 Å². The molecule has 0 atom stereocenters. The second-order valence-corrected chi connectivity index (χ2v) is 3.16. The molecule has 0 spiro atoms. The number of hydroxylamine groups is 1. The number of halogens is 1. The molecule has 0 saturated heterocycles. The van der Waals surface area contributed by atoms with Crippen molar-refractivity contribution in [2.24, 2.45) is 5.22 Å². The molecule has 0 aromatic carbocycles. The van der Waals surface area contributed by atoms with Gasteiger partial charge in [-0.15, -0.1) is 5.17 Å². The Labute approximate surface area is 89.0 Å². The summed E-state index contributed by atoms with van der Waals surface area (Å²) < 4.78 is 0.619. The second-order valence-electron chi connectivity index (χ2n) is 2.35. The molecule has 0 aliphatic carbocycles. The lowest BCUT2D eigenvalue weighted by molar-refractivity contribution is -0.0567. The van der Waals surface area contributed by atoms with E-state index < -0.39 is 0 Å². The van der Waals surface area contributed by atoms with Crippen LogP contribution >= 0.6 is 15.9 Å². The summed E-state index contributed by atoms with van der Waals surface area (Å²) in [6, 6.07) is 3.27. The molecule has 0 fully saturated rings. The third kappa shape index (κ3) is 2.77. The molecule has 14 heavy (non-hydrogen) atoms. The van der Waals surface area contributed by atoms with Crippen LogP contribution in [0.1, 0.15) is 5.56 Å². The molecule has 0 radical (unpaired) electrons. The molecular weight excluding hydrogens is 250 g/mol. The molecule has 0 amide bonds. The molecule has 2 N–H and O–H groups in total. The predicted octanol–water partition coefficient (Wildman–Crippen LogP) is 1.98. The summed E-state index contributed by atoms with van der Waals surface area (Å²) in [5.41, 5.74) is 7.17. The molecular formula is C7H8BrN5O. The summed E-state index contributed by atoms with van der Waals surface area (Å²) in [6.07, 6.45) is 1.55. The maximum atomic E-state index is 7.50. The van der Waals surface area contributed by atoms with Crippen molar-refractivity contribution in [2.75, 3.05) is 7.05 Å². The van der Waals surface area contributed by atoms with E-state index in [0.717, 1.165) is 5.17 Å². The van der Waals surface area contributed by atoms with E-state index in [0.29, 0.717) is 10.2 Å². The number of hydrogen-bond acceptors (Lipinski definition) is 5. The van der Waals surface area contributed by atoms with Gasteiger partial charge in [0.15, 0.2) is 0 Å². The first-order chi connectivity index (χ1) is 6.63. The quantitative estimate of drug-likeness (QED) is 0.286. The standard InChI is InChI=1S/C7H8BrN5O/c1-13(12-10)14-7(9)5-2-3-11-6(8)4-5/h2-4,9-10H,1H3. The highest BCUT2D eigenvalue weighted by Gasteiger charge is 2.06. The first-order valence-corrected chi connectivity index (χ1v) is 4.42. The van der Waals surface area contributed by atoms with E-state index in [9.17, 15) is 0 Å². The monoisotopic (exact) mass is 257 g/mol. The lowest BCUT2D eigenvalue weighted by atomic mass is 10.3. The lowest BCUT2D eigenvalue weighted by Crippen LogP contribution is -2.17. The first-order valence-electron chi connectivity index (χ1n) is 3.63. The van der Waals surface area contributed by atoms with Crippen molar-refractivity contribution in [3.63, 3.8) is 0 Å². The zero-order valence-electron chi connectivity index (χ0n) is 7.36. The van der Waals surface area contributed by atoms with Gasteiger partial charge in [0.1, 0.15) is 4.60 Å². The van der Waals surface area contributed by atoms with Gasteiger partial charge in [-0.05, 0) is 33.3 Å². The third-order valence-corrected chi connectivity index (χ3v) is 1.79. The van der Waals surface area contributed by atoms with Gasteiger partial charge in [0.05, 0.1) is 7.05 Å². The Morgan fingerprint density at radius 3 is 3.00 bits per heavy atom. The maximum Gasteiger partial charge on any atom is 0.248 e. The Morgan fingerprint density at radius 1 is 1.71 bits per heavy atom. The zero-order chi connectivity index (χ0) is 10.6. The minimum absolute atomic E-state index is 0.0911. The average molecular weight is 258 g/mol. The number of aromatic nitrogens is 1. The summed E-state index contributed by atoms with van der Waals surface area (Å²) in [5.74, 6) is -0.0911. The van der Waals surface area contributed by atoms with E-state index in [4.69, 9.17) is 15.8 Å². The van der Waals surface area contributed by atoms with Crippen molar-refractivity contribution in [1.29, 1.82) is 10.9 Å². The number of nitrogens with zero attached hydrogens (tertiary/aromatic N) is 3. The maximum absolute atomic E-state index is 7.50. The third-order valence-electron chi connectivity index (χ3n) is 1.35. The molecule has 6 nitrogen and oxygen atoms in total. The van der Waals surface area contributed by atoms with Crippen LogP contribution in [0.4, 0.5) is 0 Å². The number of rotatable bonds is 3. The normalized spacial score (nSPS) is 9.29. The van der Waals surface area contributed by atoms with Gasteiger partial charge in [-0.25, -0.2) is 4.98 Å². The average Bonchev–Trinajstić information content (AvgIpc) is 2.17. The van der Waals surface area contributed by atoms with Crippen molar-refractivity contribution < 1.29 is 4.84 Å². The highest BCUT2D eigenvalue weighted by atomic mass is 79.9. The Balaban J connectivity index is 2.74. The Morgan fingerprint density at radius 2 is 2.43 bits per heavy atom. The molecule has 0 unspecified atom stereocenters. The predicted molar refractivity (Wildman–Crippen MR) is 52.8 cm³/mol. The molecule has 0 saturated carbocycles. The van der Waals surface area contributed by atoms with E-state index in [1.54, 1.807) is 18.3 Å². The van der Waals surface area contributed by atoms with Crippen LogP contribution in [0, 0.1) is 10.9 Å². The topological polar surface area (TPSA) is 85.4 Å². The Bertz CT molecular complexity index is 356. The van der Waals surface area contributed by atoms with Crippen LogP contribution < -0.4 is 0 Å². The van der Waals surface area contributed by atoms with Crippen LogP contribution in [0.25, 0.3) is 0 Å². The highest BCUT2D eigenvalue weighted by Crippen LogP contribution is 2.09. The van der Waals surface area contributed by atoms with Crippen molar-refractivity contribution >= 4 is 21.8 Å². The van der Waals surface area contributed by atoms with E-state index in [2.05, 4.69) is 26.1 Å². The number of hydrogen-bond donors (Lipinski definition) is 2. The fraction of sp³-hybridized carbons (Fsp3) is 0.143. The van der Waals surface area contributed by atoms with Crippen LogP contribution in [-0.4, -0.2) is 23.1 Å². The van der Waals surface area contributed by atoms with Crippen LogP contribution in [-0.2, 0) is 4.84 Å². The minimum Gasteiger partial charge on any atom is -0.341 e. The van der Waals surface area contributed by atoms with Crippen LogP contribution in [0.5, 0.6) is 0 Å². The Kier molecular flexibility index (Phi) is 3.52. The van der Waals surface area contributed by atoms with Crippen molar-refractivity contribution in [3.8, 4) is 0 Å². The van der Waals surface area contributed by atoms with Gasteiger partial charge in [0.25, 0.3) is 0 Å². The molecule has 1 heterocycles. The van der Waals surface area contributed by atoms with Gasteiger partial charge in [-0.1, -0.05) is 0 Å². The number of nitrogens with one attached hydrogen (secondary N) is 2. The molecule has 7 heteroatoms. The molecule has 0 aliphatic heterocycles. The largest absolute Gasteiger partial charge is 0.341 e. The van der Waals surface area contributed by atoms with Gasteiger partial charge >= 0.3 is 0 Å². The van der Waals surface area contributed by atoms with Crippen LogP contribution in [0.15, 0.2) is 28.2 Å². The van der Waals surface area contributed by atoms with Gasteiger partial charge in [0, 0.05) is 11.8 Å². The van der Waals surface area contributed by atoms with E-state index in [-0.39, 0.29) is 5.90 Å². The summed E-state index contributed by atoms with van der Waals surface area (Å²) in [4.78, 5) is 8.77. The molecule has 0 bridgehead atoms. The summed E-state index contributed by atoms with van der Waals surface area (Å²) in [6.45, 7) is 0. The summed E-state index contributed by atoms with van der Waals surface area (Å²) in [7, 11) is 1.43. The van der Waals surface area contributed by atoms with Gasteiger partial charge < -0.3 is 4.84 Å². The van der Waals surface area contributed by atoms with Crippen molar-refractivity contribution in [1.82, 2.24) is 10.2 Å². The van der Waals surface area contributed by atoms with E-state index in [1.807, 2.05) is 0 Å². The Hall–Kier alpha value is -1.50. The fourth-order valence-electron chi connectivity index (χ4n) is 0.749. The van der Waals surface area contributed by atoms with Gasteiger partial charge in [-0.3, -0.25) is 5.41 Å². The number of pyridine rings is 1. The van der Waals surface area contributed by atoms with Crippen LogP contribution in [0.3, 0.4) is 0 Å². The highest BCUT2D eigenvalue weighted by molar-refractivity contribution is 9.10. The molecule has 1 aromatic rings. The second kappa shape index (κ2) is 4.66. The smallest absolute Gasteiger partial charge is 0.248 e. The van der Waals surface area contributed by atoms with Crippen molar-refractivity contribution in [2.45, 2.75) is 0 Å². The molecule has 74 valence electrons. The minimum atomic E-state index is -0.0911. The SMILES string of the molecule is CN(N=N)OC(=N)c1ccnc(Br)c1. The van der Waals surface area contributed by atoms with E-state index >= 15 is 0 Å². The molecule has 1 aromatic heterocycles. The fourth-order valence-corrected chi connectivity index (χ4v) is 1.11. The first kappa shape index (κ1) is 10.6. The zero-order valence-corrected chi connectivity index (χ0v) is 8.95. The van der Waals surface area contributed by atoms with Crippen LogP contribution in [0.2, 0.25) is 0 Å². The lowest BCUT2D eigenvalue weighted by Gasteiger charge is -2.11. The van der Waals surface area contributed by atoms with Gasteiger partial charge in [-0.2, -0.15) is 5.53 Å². The summed E-state index contributed by atoms with van der Waals surface area (Å²) >= 11 is 3.18. The summed E-state index contributed by atoms with van der Waals surface area (Å²) in [5, 5.41) is 11.4. The van der Waals surface area contributed by atoms with Crippen molar-refractivity contribution in [3.05, 3.63) is 28.5 Å². The molecule has 0 aliphatic rings. The molecule has 1 rings (SSSR count). The van der Waals surface area contributed by atoms with E-state index in [1.165, 1.54) is 7.05 Å².